The summed E-state index contributed by atoms with van der Waals surface area (Å²) in [6.45, 7) is 9.28. The van der Waals surface area contributed by atoms with E-state index in [4.69, 9.17) is 4.74 Å². The standard InChI is InChI=1S/C12H22N2O3/c1-4-17-11(15)9-13-5-7-14(8-6-13)12(16)10(2)3/h10H,4-9H2,1-3H3. The third kappa shape index (κ3) is 4.34. The van der Waals surface area contributed by atoms with E-state index in [-0.39, 0.29) is 17.8 Å². The predicted octanol–water partition coefficient (Wildman–Crippen LogP) is 0.350. The zero-order chi connectivity index (χ0) is 12.8. The van der Waals surface area contributed by atoms with E-state index in [0.717, 1.165) is 13.1 Å². The highest BCUT2D eigenvalue weighted by Crippen LogP contribution is 2.06. The molecule has 0 N–H and O–H groups in total. The maximum absolute atomic E-state index is 11.7. The van der Waals surface area contributed by atoms with Crippen LogP contribution in [-0.4, -0.2) is 61.0 Å². The molecule has 98 valence electrons. The van der Waals surface area contributed by atoms with E-state index < -0.39 is 0 Å². The molecule has 1 amide bonds. The highest BCUT2D eigenvalue weighted by atomic mass is 16.5. The number of carbonyl (C=O) groups excluding carboxylic acids is 2. The van der Waals surface area contributed by atoms with Gasteiger partial charge in [0.05, 0.1) is 13.2 Å². The second kappa shape index (κ2) is 6.59. The highest BCUT2D eigenvalue weighted by Gasteiger charge is 2.23. The van der Waals surface area contributed by atoms with E-state index >= 15 is 0 Å². The molecule has 5 heteroatoms. The maximum atomic E-state index is 11.7. The number of ether oxygens (including phenoxy) is 1. The van der Waals surface area contributed by atoms with Crippen molar-refractivity contribution >= 4 is 11.9 Å². The molecule has 0 aromatic carbocycles. The average Bonchev–Trinajstić information content (AvgIpc) is 2.29. The number of amides is 1. The van der Waals surface area contributed by atoms with Crippen molar-refractivity contribution in [1.29, 1.82) is 0 Å². The molecule has 1 aliphatic rings. The van der Waals surface area contributed by atoms with Crippen LogP contribution in [0.5, 0.6) is 0 Å². The van der Waals surface area contributed by atoms with Crippen LogP contribution >= 0.6 is 0 Å². The minimum absolute atomic E-state index is 0.0478. The van der Waals surface area contributed by atoms with Gasteiger partial charge in [0.15, 0.2) is 0 Å². The molecule has 1 aliphatic heterocycles. The largest absolute Gasteiger partial charge is 0.465 e. The van der Waals surface area contributed by atoms with Gasteiger partial charge in [0.1, 0.15) is 0 Å². The molecule has 5 nitrogen and oxygen atoms in total. The Bertz CT molecular complexity index is 271. The van der Waals surface area contributed by atoms with Crippen LogP contribution in [0.2, 0.25) is 0 Å². The van der Waals surface area contributed by atoms with Gasteiger partial charge in [0, 0.05) is 32.1 Å². The lowest BCUT2D eigenvalue weighted by Gasteiger charge is -2.34. The van der Waals surface area contributed by atoms with E-state index in [9.17, 15) is 9.59 Å². The quantitative estimate of drug-likeness (QED) is 0.667. The Labute approximate surface area is 103 Å². The Morgan fingerprint density at radius 2 is 1.76 bits per heavy atom. The van der Waals surface area contributed by atoms with Crippen molar-refractivity contribution in [2.45, 2.75) is 20.8 Å². The van der Waals surface area contributed by atoms with Crippen LogP contribution in [0.4, 0.5) is 0 Å². The molecule has 0 saturated carbocycles. The van der Waals surface area contributed by atoms with Gasteiger partial charge in [0.2, 0.25) is 5.91 Å². The van der Waals surface area contributed by atoms with E-state index in [1.165, 1.54) is 0 Å². The zero-order valence-electron chi connectivity index (χ0n) is 10.9. The summed E-state index contributed by atoms with van der Waals surface area (Å²) in [5.41, 5.74) is 0. The molecular weight excluding hydrogens is 220 g/mol. The fourth-order valence-electron chi connectivity index (χ4n) is 1.88. The molecule has 0 aromatic rings. The summed E-state index contributed by atoms with van der Waals surface area (Å²) in [4.78, 5) is 26.9. The fraction of sp³-hybridized carbons (Fsp3) is 0.833. The number of hydrogen-bond acceptors (Lipinski definition) is 4. The Morgan fingerprint density at radius 1 is 1.18 bits per heavy atom. The second-order valence-electron chi connectivity index (χ2n) is 4.56. The van der Waals surface area contributed by atoms with E-state index in [1.807, 2.05) is 23.6 Å². The molecule has 1 fully saturated rings. The van der Waals surface area contributed by atoms with Crippen LogP contribution in [0, 0.1) is 5.92 Å². The van der Waals surface area contributed by atoms with Gasteiger partial charge >= 0.3 is 5.97 Å². The Balaban J connectivity index is 2.31. The van der Waals surface area contributed by atoms with Gasteiger partial charge in [0.25, 0.3) is 0 Å². The van der Waals surface area contributed by atoms with Gasteiger partial charge in [-0.15, -0.1) is 0 Å². The fourth-order valence-corrected chi connectivity index (χ4v) is 1.88. The molecule has 0 bridgehead atoms. The number of rotatable bonds is 4. The van der Waals surface area contributed by atoms with Crippen LogP contribution in [0.15, 0.2) is 0 Å². The molecule has 0 aliphatic carbocycles. The Morgan fingerprint density at radius 3 is 2.24 bits per heavy atom. The number of esters is 1. The van der Waals surface area contributed by atoms with Crippen molar-refractivity contribution in [3.05, 3.63) is 0 Å². The molecule has 1 rings (SSSR count). The van der Waals surface area contributed by atoms with Crippen LogP contribution in [0.25, 0.3) is 0 Å². The van der Waals surface area contributed by atoms with Crippen molar-refractivity contribution in [3.63, 3.8) is 0 Å². The number of nitrogens with zero attached hydrogens (tertiary/aromatic N) is 2. The summed E-state index contributed by atoms with van der Waals surface area (Å²) in [6, 6.07) is 0. The maximum Gasteiger partial charge on any atom is 0.320 e. The van der Waals surface area contributed by atoms with Crippen molar-refractivity contribution < 1.29 is 14.3 Å². The topological polar surface area (TPSA) is 49.9 Å². The molecule has 0 atom stereocenters. The lowest BCUT2D eigenvalue weighted by molar-refractivity contribution is -0.145. The van der Waals surface area contributed by atoms with Crippen molar-refractivity contribution in [2.75, 3.05) is 39.3 Å². The first kappa shape index (κ1) is 14.0. The van der Waals surface area contributed by atoms with E-state index in [1.54, 1.807) is 6.92 Å². The third-order valence-electron chi connectivity index (χ3n) is 2.84. The molecule has 0 radical (unpaired) electrons. The molecule has 17 heavy (non-hydrogen) atoms. The number of piperazine rings is 1. The van der Waals surface area contributed by atoms with Crippen LogP contribution in [0.1, 0.15) is 20.8 Å². The third-order valence-corrected chi connectivity index (χ3v) is 2.84. The number of carbonyl (C=O) groups is 2. The smallest absolute Gasteiger partial charge is 0.320 e. The Hall–Kier alpha value is -1.10. The average molecular weight is 242 g/mol. The highest BCUT2D eigenvalue weighted by molar-refractivity contribution is 5.78. The first-order valence-corrected chi connectivity index (χ1v) is 6.21. The minimum atomic E-state index is -0.184. The Kier molecular flexibility index (Phi) is 5.41. The molecule has 0 unspecified atom stereocenters. The van der Waals surface area contributed by atoms with Gasteiger partial charge in [-0.05, 0) is 6.92 Å². The molecule has 0 aromatic heterocycles. The summed E-state index contributed by atoms with van der Waals surface area (Å²) in [5, 5.41) is 0. The van der Waals surface area contributed by atoms with Crippen molar-refractivity contribution in [1.82, 2.24) is 9.80 Å². The molecule has 1 saturated heterocycles. The van der Waals surface area contributed by atoms with Gasteiger partial charge < -0.3 is 9.64 Å². The second-order valence-corrected chi connectivity index (χ2v) is 4.56. The zero-order valence-corrected chi connectivity index (χ0v) is 10.9. The lowest BCUT2D eigenvalue weighted by Crippen LogP contribution is -2.51. The summed E-state index contributed by atoms with van der Waals surface area (Å²) in [7, 11) is 0. The monoisotopic (exact) mass is 242 g/mol. The summed E-state index contributed by atoms with van der Waals surface area (Å²) in [6.07, 6.45) is 0. The SMILES string of the molecule is CCOC(=O)CN1CCN(C(=O)C(C)C)CC1. The predicted molar refractivity (Wildman–Crippen MR) is 64.5 cm³/mol. The van der Waals surface area contributed by atoms with E-state index in [0.29, 0.717) is 26.2 Å². The first-order valence-electron chi connectivity index (χ1n) is 6.21. The summed E-state index contributed by atoms with van der Waals surface area (Å²) in [5.74, 6) is 0.0588. The summed E-state index contributed by atoms with van der Waals surface area (Å²) >= 11 is 0. The van der Waals surface area contributed by atoms with Gasteiger partial charge in [-0.2, -0.15) is 0 Å². The van der Waals surface area contributed by atoms with Crippen LogP contribution in [0.3, 0.4) is 0 Å². The van der Waals surface area contributed by atoms with Gasteiger partial charge in [-0.25, -0.2) is 0 Å². The first-order chi connectivity index (χ1) is 8.04. The lowest BCUT2D eigenvalue weighted by atomic mass is 10.1. The number of hydrogen-bond donors (Lipinski definition) is 0. The molecule has 0 spiro atoms. The molecular formula is C12H22N2O3. The van der Waals surface area contributed by atoms with Crippen molar-refractivity contribution in [2.24, 2.45) is 5.92 Å². The van der Waals surface area contributed by atoms with Gasteiger partial charge in [-0.3, -0.25) is 14.5 Å². The van der Waals surface area contributed by atoms with Crippen LogP contribution < -0.4 is 0 Å². The van der Waals surface area contributed by atoms with E-state index in [2.05, 4.69) is 0 Å². The van der Waals surface area contributed by atoms with Crippen LogP contribution in [-0.2, 0) is 14.3 Å². The minimum Gasteiger partial charge on any atom is -0.465 e. The normalized spacial score (nSPS) is 17.3. The molecule has 1 heterocycles. The van der Waals surface area contributed by atoms with Gasteiger partial charge in [-0.1, -0.05) is 13.8 Å². The van der Waals surface area contributed by atoms with Crippen molar-refractivity contribution in [3.8, 4) is 0 Å². The summed E-state index contributed by atoms with van der Waals surface area (Å²) < 4.78 is 4.90.